The molecule has 1 aliphatic heterocycles. The Balaban J connectivity index is 1.89. The van der Waals surface area contributed by atoms with E-state index in [1.54, 1.807) is 6.26 Å². The van der Waals surface area contributed by atoms with E-state index < -0.39 is 0 Å². The summed E-state index contributed by atoms with van der Waals surface area (Å²) in [5.41, 5.74) is 6.18. The molecule has 4 nitrogen and oxygen atoms in total. The maximum Gasteiger partial charge on any atom is 0.257 e. The van der Waals surface area contributed by atoms with Gasteiger partial charge in [-0.3, -0.25) is 4.79 Å². The van der Waals surface area contributed by atoms with Gasteiger partial charge >= 0.3 is 0 Å². The van der Waals surface area contributed by atoms with Gasteiger partial charge in [0.25, 0.3) is 5.91 Å². The monoisotopic (exact) mass is 265 g/mol. The molecule has 0 bridgehead atoms. The molecule has 0 radical (unpaired) electrons. The molecule has 0 unspecified atom stereocenters. The van der Waals surface area contributed by atoms with Gasteiger partial charge in [-0.15, -0.1) is 0 Å². The molecule has 2 heterocycles. The number of hydrogen-bond acceptors (Lipinski definition) is 3. The van der Waals surface area contributed by atoms with Crippen molar-refractivity contribution in [3.8, 4) is 16.9 Å². The molecule has 3 aromatic rings. The summed E-state index contributed by atoms with van der Waals surface area (Å²) in [6.07, 6.45) is 2.02. The van der Waals surface area contributed by atoms with E-state index in [1.165, 1.54) is 0 Å². The second kappa shape index (κ2) is 4.13. The molecule has 4 heteroatoms. The number of hydroxylamine groups is 1. The molecule has 0 fully saturated rings. The van der Waals surface area contributed by atoms with Crippen molar-refractivity contribution >= 4 is 16.9 Å². The second-order valence-corrected chi connectivity index (χ2v) is 4.77. The van der Waals surface area contributed by atoms with Crippen molar-refractivity contribution in [3.05, 3.63) is 54.3 Å². The van der Waals surface area contributed by atoms with Crippen molar-refractivity contribution in [3.63, 3.8) is 0 Å². The Hall–Kier alpha value is -2.75. The number of nitrogens with one attached hydrogen (secondary N) is 1. The summed E-state index contributed by atoms with van der Waals surface area (Å²) in [6.45, 7) is 0. The summed E-state index contributed by atoms with van der Waals surface area (Å²) in [5.74, 6) is 0.592. The van der Waals surface area contributed by atoms with Crippen molar-refractivity contribution in [1.82, 2.24) is 5.48 Å². The highest BCUT2D eigenvalue weighted by Gasteiger charge is 2.20. The normalized spacial score (nSPS) is 13.7. The van der Waals surface area contributed by atoms with Crippen LogP contribution in [0.4, 0.5) is 0 Å². The highest BCUT2D eigenvalue weighted by atomic mass is 16.7. The average Bonchev–Trinajstić information content (AvgIpc) is 2.93. The molecule has 98 valence electrons. The smallest absolute Gasteiger partial charge is 0.257 e. The van der Waals surface area contributed by atoms with Crippen molar-refractivity contribution in [2.24, 2.45) is 0 Å². The van der Waals surface area contributed by atoms with Crippen LogP contribution >= 0.6 is 0 Å². The first-order valence-corrected chi connectivity index (χ1v) is 6.36. The van der Waals surface area contributed by atoms with Gasteiger partial charge < -0.3 is 9.25 Å². The lowest BCUT2D eigenvalue weighted by Gasteiger charge is -2.19. The number of amides is 1. The van der Waals surface area contributed by atoms with Crippen LogP contribution in [-0.2, 0) is 11.2 Å². The van der Waals surface area contributed by atoms with E-state index >= 15 is 0 Å². The van der Waals surface area contributed by atoms with E-state index in [0.29, 0.717) is 6.42 Å². The van der Waals surface area contributed by atoms with E-state index in [4.69, 9.17) is 9.25 Å². The van der Waals surface area contributed by atoms with Crippen molar-refractivity contribution in [2.45, 2.75) is 6.42 Å². The number of hydrogen-bond donors (Lipinski definition) is 1. The Kier molecular flexibility index (Phi) is 2.29. The molecular weight excluding hydrogens is 254 g/mol. The molecule has 1 aromatic heterocycles. The predicted molar refractivity (Wildman–Crippen MR) is 74.1 cm³/mol. The zero-order valence-electron chi connectivity index (χ0n) is 10.6. The Morgan fingerprint density at radius 2 is 2.05 bits per heavy atom. The quantitative estimate of drug-likeness (QED) is 0.735. The molecule has 1 amide bonds. The van der Waals surface area contributed by atoms with Gasteiger partial charge in [-0.2, -0.15) is 5.48 Å². The highest BCUT2D eigenvalue weighted by Crippen LogP contribution is 2.36. The summed E-state index contributed by atoms with van der Waals surface area (Å²) in [6, 6.07) is 13.7. The summed E-state index contributed by atoms with van der Waals surface area (Å²) < 4.78 is 5.35. The standard InChI is InChI=1S/C16H11NO3/c18-15-9-12-2-1-3-13(16(12)20-17-15)10-4-5-14-11(8-10)6-7-19-14/h1-8H,9H2,(H,17,18). The molecule has 0 saturated carbocycles. The maximum absolute atomic E-state index is 11.4. The van der Waals surface area contributed by atoms with Gasteiger partial charge in [-0.25, -0.2) is 0 Å². The SMILES string of the molecule is O=C1Cc2cccc(-c3ccc4occc4c3)c2ON1. The van der Waals surface area contributed by atoms with Gasteiger partial charge in [0.2, 0.25) is 0 Å². The Bertz CT molecular complexity index is 819. The lowest BCUT2D eigenvalue weighted by atomic mass is 9.98. The fourth-order valence-electron chi connectivity index (χ4n) is 2.52. The van der Waals surface area contributed by atoms with Crippen LogP contribution in [-0.4, -0.2) is 5.91 Å². The van der Waals surface area contributed by atoms with E-state index in [-0.39, 0.29) is 5.91 Å². The average molecular weight is 265 g/mol. The topological polar surface area (TPSA) is 51.5 Å². The van der Waals surface area contributed by atoms with Crippen molar-refractivity contribution in [2.75, 3.05) is 0 Å². The van der Waals surface area contributed by atoms with E-state index in [9.17, 15) is 4.79 Å². The van der Waals surface area contributed by atoms with Gasteiger partial charge in [-0.1, -0.05) is 24.3 Å². The molecular formula is C16H11NO3. The van der Waals surface area contributed by atoms with Crippen molar-refractivity contribution < 1.29 is 14.0 Å². The molecule has 1 N–H and O–H groups in total. The van der Waals surface area contributed by atoms with Crippen LogP contribution in [0.2, 0.25) is 0 Å². The maximum atomic E-state index is 11.4. The number of carbonyl (C=O) groups excluding carboxylic acids is 1. The lowest BCUT2D eigenvalue weighted by molar-refractivity contribution is -0.128. The van der Waals surface area contributed by atoms with Crippen molar-refractivity contribution in [1.29, 1.82) is 0 Å². The number of benzene rings is 2. The Morgan fingerprint density at radius 3 is 3.00 bits per heavy atom. The van der Waals surface area contributed by atoms with Crippen LogP contribution in [0.5, 0.6) is 5.75 Å². The third-order valence-electron chi connectivity index (χ3n) is 3.48. The van der Waals surface area contributed by atoms with Gasteiger partial charge in [0, 0.05) is 16.5 Å². The molecule has 0 atom stereocenters. The third kappa shape index (κ3) is 1.66. The minimum atomic E-state index is -0.125. The fourth-order valence-corrected chi connectivity index (χ4v) is 2.52. The molecule has 0 saturated heterocycles. The van der Waals surface area contributed by atoms with Crippen LogP contribution in [0.25, 0.3) is 22.1 Å². The summed E-state index contributed by atoms with van der Waals surface area (Å²) in [4.78, 5) is 16.8. The first-order chi connectivity index (χ1) is 9.81. The second-order valence-electron chi connectivity index (χ2n) is 4.77. The Labute approximate surface area is 114 Å². The molecule has 20 heavy (non-hydrogen) atoms. The van der Waals surface area contributed by atoms with Gasteiger partial charge in [-0.05, 0) is 23.8 Å². The molecule has 1 aliphatic rings. The number of furan rings is 1. The summed E-state index contributed by atoms with van der Waals surface area (Å²) in [5, 5.41) is 1.04. The third-order valence-corrected chi connectivity index (χ3v) is 3.48. The largest absolute Gasteiger partial charge is 0.464 e. The minimum absolute atomic E-state index is 0.125. The summed E-state index contributed by atoms with van der Waals surface area (Å²) in [7, 11) is 0. The van der Waals surface area contributed by atoms with Gasteiger partial charge in [0.05, 0.1) is 12.7 Å². The minimum Gasteiger partial charge on any atom is -0.464 e. The highest BCUT2D eigenvalue weighted by molar-refractivity contribution is 5.87. The van der Waals surface area contributed by atoms with E-state index in [1.807, 2.05) is 42.5 Å². The summed E-state index contributed by atoms with van der Waals surface area (Å²) >= 11 is 0. The number of fused-ring (bicyclic) bond motifs is 2. The van der Waals surface area contributed by atoms with Crippen LogP contribution in [0, 0.1) is 0 Å². The van der Waals surface area contributed by atoms with Crippen LogP contribution in [0.15, 0.2) is 53.1 Å². The van der Waals surface area contributed by atoms with E-state index in [0.717, 1.165) is 33.4 Å². The number of rotatable bonds is 1. The predicted octanol–water partition coefficient (Wildman–Crippen LogP) is 3.07. The first-order valence-electron chi connectivity index (χ1n) is 6.36. The van der Waals surface area contributed by atoms with E-state index in [2.05, 4.69) is 5.48 Å². The molecule has 0 spiro atoms. The fraction of sp³-hybridized carbons (Fsp3) is 0.0625. The zero-order chi connectivity index (χ0) is 13.5. The van der Waals surface area contributed by atoms with Gasteiger partial charge in [0.15, 0.2) is 5.75 Å². The molecule has 0 aliphatic carbocycles. The zero-order valence-corrected chi connectivity index (χ0v) is 10.6. The lowest BCUT2D eigenvalue weighted by Crippen LogP contribution is -2.33. The van der Waals surface area contributed by atoms with Gasteiger partial charge in [0.1, 0.15) is 5.58 Å². The van der Waals surface area contributed by atoms with Crippen LogP contribution < -0.4 is 10.3 Å². The first kappa shape index (κ1) is 11.1. The molecule has 2 aromatic carbocycles. The Morgan fingerprint density at radius 1 is 1.10 bits per heavy atom. The number of para-hydroxylation sites is 1. The van der Waals surface area contributed by atoms with Crippen LogP contribution in [0.1, 0.15) is 5.56 Å². The molecule has 4 rings (SSSR count). The van der Waals surface area contributed by atoms with Crippen LogP contribution in [0.3, 0.4) is 0 Å². The number of carbonyl (C=O) groups is 1.